The lowest BCUT2D eigenvalue weighted by Crippen LogP contribution is -2.22. The van der Waals surface area contributed by atoms with E-state index in [1.54, 1.807) is 0 Å². The van der Waals surface area contributed by atoms with Crippen LogP contribution in [0.3, 0.4) is 0 Å². The fraction of sp³-hybridized carbons (Fsp3) is 0.333. The average molecular weight is 371 g/mol. The number of hydrogen-bond acceptors (Lipinski definition) is 6. The number of aromatic nitrogens is 4. The molecule has 1 amide bonds. The molecule has 7 nitrogen and oxygen atoms in total. The summed E-state index contributed by atoms with van der Waals surface area (Å²) in [5.41, 5.74) is 2.35. The van der Waals surface area contributed by atoms with Gasteiger partial charge in [-0.3, -0.25) is 9.20 Å². The summed E-state index contributed by atoms with van der Waals surface area (Å²) in [5, 5.41) is 11.6. The Hall–Kier alpha value is -2.61. The van der Waals surface area contributed by atoms with Gasteiger partial charge in [-0.2, -0.15) is 0 Å². The van der Waals surface area contributed by atoms with Crippen LogP contribution in [0.15, 0.2) is 35.5 Å². The lowest BCUT2D eigenvalue weighted by molar-refractivity contribution is -0.115. The van der Waals surface area contributed by atoms with Gasteiger partial charge in [-0.15, -0.1) is 10.2 Å². The molecule has 136 valence electrons. The van der Waals surface area contributed by atoms with Crippen molar-refractivity contribution in [3.8, 4) is 5.75 Å². The van der Waals surface area contributed by atoms with Crippen molar-refractivity contribution in [1.29, 1.82) is 0 Å². The van der Waals surface area contributed by atoms with E-state index in [9.17, 15) is 4.79 Å². The summed E-state index contributed by atoms with van der Waals surface area (Å²) < 4.78 is 7.26. The number of amides is 1. The minimum absolute atomic E-state index is 0.103. The molecule has 0 aliphatic heterocycles. The van der Waals surface area contributed by atoms with Crippen molar-refractivity contribution in [1.82, 2.24) is 19.6 Å². The van der Waals surface area contributed by atoms with Crippen molar-refractivity contribution in [2.24, 2.45) is 0 Å². The first kappa shape index (κ1) is 18.2. The van der Waals surface area contributed by atoms with Crippen LogP contribution in [0, 0.1) is 13.8 Å². The summed E-state index contributed by atoms with van der Waals surface area (Å²) in [4.78, 5) is 16.9. The topological polar surface area (TPSA) is 81.4 Å². The number of anilines is 1. The Balaban J connectivity index is 1.69. The Morgan fingerprint density at radius 2 is 2.00 bits per heavy atom. The molecule has 1 unspecified atom stereocenters. The first-order valence-corrected chi connectivity index (χ1v) is 9.25. The van der Waals surface area contributed by atoms with Crippen LogP contribution in [0.4, 0.5) is 5.69 Å². The summed E-state index contributed by atoms with van der Waals surface area (Å²) >= 11 is 1.35. The molecule has 26 heavy (non-hydrogen) atoms. The first-order valence-electron chi connectivity index (χ1n) is 8.37. The maximum absolute atomic E-state index is 12.5. The smallest absolute Gasteiger partial charge is 0.237 e. The van der Waals surface area contributed by atoms with E-state index in [2.05, 4.69) is 20.5 Å². The standard InChI is InChI=1S/C18H21N5O2S/c1-5-25-15-8-6-14(7-9-15)20-17(24)12(3)26-18-22-21-16-10-11(2)19-13(4)23(16)18/h6-10,12H,5H2,1-4H3,(H,20,24). The van der Waals surface area contributed by atoms with Crippen molar-refractivity contribution < 1.29 is 9.53 Å². The summed E-state index contributed by atoms with van der Waals surface area (Å²) in [6.45, 7) is 8.20. The molecule has 2 heterocycles. The molecule has 0 fully saturated rings. The molecule has 0 bridgehead atoms. The molecule has 1 aromatic carbocycles. The van der Waals surface area contributed by atoms with Gasteiger partial charge < -0.3 is 10.1 Å². The van der Waals surface area contributed by atoms with Crippen LogP contribution in [-0.2, 0) is 4.79 Å². The van der Waals surface area contributed by atoms with Gasteiger partial charge in [-0.25, -0.2) is 4.98 Å². The lowest BCUT2D eigenvalue weighted by Gasteiger charge is -2.12. The van der Waals surface area contributed by atoms with E-state index in [0.29, 0.717) is 11.8 Å². The molecule has 3 aromatic rings. The van der Waals surface area contributed by atoms with Crippen LogP contribution < -0.4 is 10.1 Å². The van der Waals surface area contributed by atoms with Gasteiger partial charge in [0.2, 0.25) is 5.91 Å². The van der Waals surface area contributed by atoms with E-state index in [0.717, 1.165) is 28.6 Å². The zero-order chi connectivity index (χ0) is 18.7. The van der Waals surface area contributed by atoms with Gasteiger partial charge >= 0.3 is 0 Å². The number of rotatable bonds is 6. The molecule has 0 saturated carbocycles. The number of thioether (sulfide) groups is 1. The normalized spacial score (nSPS) is 12.2. The molecule has 0 aliphatic carbocycles. The molecule has 0 aliphatic rings. The second-order valence-corrected chi connectivity index (χ2v) is 7.14. The number of aryl methyl sites for hydroxylation is 2. The Morgan fingerprint density at radius 3 is 2.69 bits per heavy atom. The van der Waals surface area contributed by atoms with Crippen LogP contribution in [0.2, 0.25) is 0 Å². The van der Waals surface area contributed by atoms with Crippen LogP contribution in [-0.4, -0.2) is 37.3 Å². The fourth-order valence-corrected chi connectivity index (χ4v) is 3.44. The second kappa shape index (κ2) is 7.74. The largest absolute Gasteiger partial charge is 0.494 e. The van der Waals surface area contributed by atoms with Gasteiger partial charge in [0.15, 0.2) is 10.8 Å². The van der Waals surface area contributed by atoms with Crippen LogP contribution in [0.5, 0.6) is 5.75 Å². The van der Waals surface area contributed by atoms with E-state index >= 15 is 0 Å². The summed E-state index contributed by atoms with van der Waals surface area (Å²) in [6, 6.07) is 9.18. The number of ether oxygens (including phenoxy) is 1. The molecular formula is C18H21N5O2S. The van der Waals surface area contributed by atoms with Gasteiger partial charge in [0.25, 0.3) is 0 Å². The van der Waals surface area contributed by atoms with Crippen LogP contribution in [0.25, 0.3) is 5.65 Å². The summed E-state index contributed by atoms with van der Waals surface area (Å²) in [5.74, 6) is 1.47. The predicted molar refractivity (Wildman–Crippen MR) is 102 cm³/mol. The molecule has 1 atom stereocenters. The summed E-state index contributed by atoms with van der Waals surface area (Å²) in [6.07, 6.45) is 0. The molecular weight excluding hydrogens is 350 g/mol. The number of carbonyl (C=O) groups is 1. The highest BCUT2D eigenvalue weighted by Gasteiger charge is 2.19. The van der Waals surface area contributed by atoms with Gasteiger partial charge in [0, 0.05) is 17.4 Å². The Kier molecular flexibility index (Phi) is 5.41. The zero-order valence-electron chi connectivity index (χ0n) is 15.2. The first-order chi connectivity index (χ1) is 12.5. The number of nitrogens with one attached hydrogen (secondary N) is 1. The second-order valence-electron chi connectivity index (χ2n) is 5.83. The number of hydrogen-bond donors (Lipinski definition) is 1. The maximum atomic E-state index is 12.5. The lowest BCUT2D eigenvalue weighted by atomic mass is 10.3. The Bertz CT molecular complexity index is 923. The highest BCUT2D eigenvalue weighted by Crippen LogP contribution is 2.24. The molecule has 0 spiro atoms. The van der Waals surface area contributed by atoms with E-state index in [4.69, 9.17) is 4.74 Å². The fourth-order valence-electron chi connectivity index (χ4n) is 2.54. The van der Waals surface area contributed by atoms with E-state index in [1.807, 2.05) is 62.4 Å². The highest BCUT2D eigenvalue weighted by atomic mass is 32.2. The molecule has 8 heteroatoms. The van der Waals surface area contributed by atoms with Crippen LogP contribution in [0.1, 0.15) is 25.4 Å². The zero-order valence-corrected chi connectivity index (χ0v) is 16.0. The van der Waals surface area contributed by atoms with Crippen LogP contribution >= 0.6 is 11.8 Å². The molecule has 3 rings (SSSR count). The van der Waals surface area contributed by atoms with Crippen molar-refractivity contribution in [3.63, 3.8) is 0 Å². The molecule has 1 N–H and O–H groups in total. The Labute approximate surface area is 156 Å². The van der Waals surface area contributed by atoms with Crippen molar-refractivity contribution in [2.45, 2.75) is 38.1 Å². The van der Waals surface area contributed by atoms with Gasteiger partial charge in [-0.05, 0) is 52.0 Å². The third-order valence-corrected chi connectivity index (χ3v) is 4.79. The molecule has 2 aromatic heterocycles. The molecule has 0 radical (unpaired) electrons. The number of fused-ring (bicyclic) bond motifs is 1. The third-order valence-electron chi connectivity index (χ3n) is 3.74. The van der Waals surface area contributed by atoms with Crippen molar-refractivity contribution in [3.05, 3.63) is 41.9 Å². The van der Waals surface area contributed by atoms with Crippen molar-refractivity contribution in [2.75, 3.05) is 11.9 Å². The van der Waals surface area contributed by atoms with Gasteiger partial charge in [-0.1, -0.05) is 11.8 Å². The van der Waals surface area contributed by atoms with E-state index in [1.165, 1.54) is 11.8 Å². The summed E-state index contributed by atoms with van der Waals surface area (Å²) in [7, 11) is 0. The van der Waals surface area contributed by atoms with Gasteiger partial charge in [0.1, 0.15) is 11.6 Å². The Morgan fingerprint density at radius 1 is 1.27 bits per heavy atom. The van der Waals surface area contributed by atoms with Gasteiger partial charge in [0.05, 0.1) is 11.9 Å². The van der Waals surface area contributed by atoms with Crippen molar-refractivity contribution >= 4 is 29.0 Å². The predicted octanol–water partition coefficient (Wildman–Crippen LogP) is 3.26. The monoisotopic (exact) mass is 371 g/mol. The maximum Gasteiger partial charge on any atom is 0.237 e. The van der Waals surface area contributed by atoms with E-state index in [-0.39, 0.29) is 11.2 Å². The average Bonchev–Trinajstić information content (AvgIpc) is 2.99. The number of carbonyl (C=O) groups excluding carboxylic acids is 1. The SMILES string of the molecule is CCOc1ccc(NC(=O)C(C)Sc2nnc3cc(C)nc(C)n23)cc1. The number of benzene rings is 1. The minimum Gasteiger partial charge on any atom is -0.494 e. The molecule has 0 saturated heterocycles. The quantitative estimate of drug-likeness (QED) is 0.670. The third kappa shape index (κ3) is 3.96. The highest BCUT2D eigenvalue weighted by molar-refractivity contribution is 8.00. The number of nitrogens with zero attached hydrogens (tertiary/aromatic N) is 4. The minimum atomic E-state index is -0.338. The van der Waals surface area contributed by atoms with E-state index < -0.39 is 0 Å².